The summed E-state index contributed by atoms with van der Waals surface area (Å²) in [6.07, 6.45) is 0. The summed E-state index contributed by atoms with van der Waals surface area (Å²) < 4.78 is 5.13. The van der Waals surface area contributed by atoms with Crippen molar-refractivity contribution in [2.45, 2.75) is 13.8 Å². The van der Waals surface area contributed by atoms with Crippen LogP contribution in [0.15, 0.2) is 42.5 Å². The average molecular weight is 255 g/mol. The zero-order valence-electron chi connectivity index (χ0n) is 11.4. The molecule has 0 atom stereocenters. The molecule has 0 radical (unpaired) electrons. The maximum Gasteiger partial charge on any atom is 0.255 e. The van der Waals surface area contributed by atoms with Crippen LogP contribution < -0.4 is 10.1 Å². The Morgan fingerprint density at radius 2 is 1.89 bits per heavy atom. The molecule has 0 spiro atoms. The molecule has 0 saturated heterocycles. The third kappa shape index (κ3) is 3.13. The summed E-state index contributed by atoms with van der Waals surface area (Å²) in [4.78, 5) is 12.2. The van der Waals surface area contributed by atoms with Gasteiger partial charge in [-0.3, -0.25) is 4.79 Å². The van der Waals surface area contributed by atoms with Gasteiger partial charge in [0.1, 0.15) is 5.75 Å². The van der Waals surface area contributed by atoms with E-state index in [1.54, 1.807) is 13.2 Å². The summed E-state index contributed by atoms with van der Waals surface area (Å²) in [6, 6.07) is 13.2. The molecule has 0 aliphatic rings. The second-order valence-electron chi connectivity index (χ2n) is 4.50. The van der Waals surface area contributed by atoms with E-state index in [1.807, 2.05) is 50.2 Å². The molecule has 1 N–H and O–H groups in total. The summed E-state index contributed by atoms with van der Waals surface area (Å²) in [6.45, 7) is 3.90. The largest absolute Gasteiger partial charge is 0.497 e. The highest BCUT2D eigenvalue weighted by atomic mass is 16.5. The maximum atomic E-state index is 12.2. The number of ether oxygens (including phenoxy) is 1. The van der Waals surface area contributed by atoms with E-state index < -0.39 is 0 Å². The van der Waals surface area contributed by atoms with Crippen LogP contribution in [0.25, 0.3) is 0 Å². The molecular formula is C16H17NO2. The normalized spacial score (nSPS) is 10.1. The number of rotatable bonds is 3. The fourth-order valence-electron chi connectivity index (χ4n) is 1.88. The monoisotopic (exact) mass is 255 g/mol. The number of carbonyl (C=O) groups is 1. The van der Waals surface area contributed by atoms with E-state index in [0.29, 0.717) is 5.56 Å². The molecule has 3 nitrogen and oxygen atoms in total. The van der Waals surface area contributed by atoms with Crippen LogP contribution in [0.4, 0.5) is 5.69 Å². The molecule has 0 aliphatic heterocycles. The lowest BCUT2D eigenvalue weighted by atomic mass is 10.1. The van der Waals surface area contributed by atoms with Crippen LogP contribution in [0.2, 0.25) is 0 Å². The topological polar surface area (TPSA) is 38.3 Å². The number of carbonyl (C=O) groups excluding carboxylic acids is 1. The lowest BCUT2D eigenvalue weighted by Gasteiger charge is -2.09. The molecule has 2 rings (SSSR count). The van der Waals surface area contributed by atoms with Gasteiger partial charge in [0, 0.05) is 17.3 Å². The van der Waals surface area contributed by atoms with E-state index in [4.69, 9.17) is 4.74 Å². The van der Waals surface area contributed by atoms with Gasteiger partial charge < -0.3 is 10.1 Å². The van der Waals surface area contributed by atoms with Crippen molar-refractivity contribution >= 4 is 11.6 Å². The maximum absolute atomic E-state index is 12.2. The minimum atomic E-state index is -0.102. The molecular weight excluding hydrogens is 238 g/mol. The molecule has 0 fully saturated rings. The van der Waals surface area contributed by atoms with Crippen molar-refractivity contribution in [1.82, 2.24) is 0 Å². The lowest BCUT2D eigenvalue weighted by molar-refractivity contribution is 0.102. The Hall–Kier alpha value is -2.29. The van der Waals surface area contributed by atoms with Crippen LogP contribution in [0.3, 0.4) is 0 Å². The van der Waals surface area contributed by atoms with E-state index in [-0.39, 0.29) is 5.91 Å². The van der Waals surface area contributed by atoms with Gasteiger partial charge in [-0.05, 0) is 37.6 Å². The molecule has 0 bridgehead atoms. The van der Waals surface area contributed by atoms with Crippen molar-refractivity contribution in [3.8, 4) is 5.75 Å². The van der Waals surface area contributed by atoms with Crippen LogP contribution in [0.5, 0.6) is 5.75 Å². The molecule has 98 valence electrons. The van der Waals surface area contributed by atoms with Gasteiger partial charge in [0.2, 0.25) is 0 Å². The summed E-state index contributed by atoms with van der Waals surface area (Å²) in [5.74, 6) is 0.619. The molecule has 0 unspecified atom stereocenters. The van der Waals surface area contributed by atoms with E-state index in [2.05, 4.69) is 5.32 Å². The first-order valence-corrected chi connectivity index (χ1v) is 6.13. The Labute approximate surface area is 113 Å². The number of methoxy groups -OCH3 is 1. The molecule has 0 heterocycles. The zero-order chi connectivity index (χ0) is 13.8. The number of benzene rings is 2. The Balaban J connectivity index is 2.23. The predicted molar refractivity (Wildman–Crippen MR) is 76.9 cm³/mol. The highest BCUT2D eigenvalue weighted by molar-refractivity contribution is 6.05. The number of anilines is 1. The third-order valence-corrected chi connectivity index (χ3v) is 2.97. The number of amides is 1. The van der Waals surface area contributed by atoms with Crippen LogP contribution in [0.1, 0.15) is 21.5 Å². The molecule has 0 saturated carbocycles. The van der Waals surface area contributed by atoms with Gasteiger partial charge in [0.15, 0.2) is 0 Å². The van der Waals surface area contributed by atoms with Crippen molar-refractivity contribution in [2.24, 2.45) is 0 Å². The first-order valence-electron chi connectivity index (χ1n) is 6.13. The van der Waals surface area contributed by atoms with Gasteiger partial charge in [-0.15, -0.1) is 0 Å². The summed E-state index contributed by atoms with van der Waals surface area (Å²) in [5.41, 5.74) is 3.46. The Morgan fingerprint density at radius 1 is 1.11 bits per heavy atom. The fourth-order valence-corrected chi connectivity index (χ4v) is 1.88. The number of hydrogen-bond donors (Lipinski definition) is 1. The van der Waals surface area contributed by atoms with Gasteiger partial charge in [-0.25, -0.2) is 0 Å². The van der Waals surface area contributed by atoms with Crippen molar-refractivity contribution in [2.75, 3.05) is 12.4 Å². The van der Waals surface area contributed by atoms with Crippen molar-refractivity contribution < 1.29 is 9.53 Å². The molecule has 0 aromatic heterocycles. The summed E-state index contributed by atoms with van der Waals surface area (Å²) in [7, 11) is 1.60. The quantitative estimate of drug-likeness (QED) is 0.910. The predicted octanol–water partition coefficient (Wildman–Crippen LogP) is 3.56. The highest BCUT2D eigenvalue weighted by Crippen LogP contribution is 2.18. The minimum absolute atomic E-state index is 0.102. The van der Waals surface area contributed by atoms with Gasteiger partial charge in [0.05, 0.1) is 7.11 Å². The molecule has 3 heteroatoms. The third-order valence-electron chi connectivity index (χ3n) is 2.97. The van der Waals surface area contributed by atoms with Crippen LogP contribution in [-0.2, 0) is 0 Å². The lowest BCUT2D eigenvalue weighted by Crippen LogP contribution is -2.13. The summed E-state index contributed by atoms with van der Waals surface area (Å²) in [5, 5.41) is 2.88. The van der Waals surface area contributed by atoms with E-state index in [9.17, 15) is 4.79 Å². The van der Waals surface area contributed by atoms with E-state index >= 15 is 0 Å². The SMILES string of the molecule is COc1cccc(NC(=O)c2cc(C)ccc2C)c1. The van der Waals surface area contributed by atoms with Gasteiger partial charge in [-0.2, -0.15) is 0 Å². The van der Waals surface area contributed by atoms with Crippen molar-refractivity contribution in [3.05, 3.63) is 59.2 Å². The van der Waals surface area contributed by atoms with Crippen LogP contribution >= 0.6 is 0 Å². The first-order chi connectivity index (χ1) is 9.10. The minimum Gasteiger partial charge on any atom is -0.497 e. The van der Waals surface area contributed by atoms with Crippen molar-refractivity contribution in [3.63, 3.8) is 0 Å². The Bertz CT molecular complexity index is 605. The second-order valence-corrected chi connectivity index (χ2v) is 4.50. The fraction of sp³-hybridized carbons (Fsp3) is 0.188. The van der Waals surface area contributed by atoms with Crippen LogP contribution in [0, 0.1) is 13.8 Å². The molecule has 1 amide bonds. The number of hydrogen-bond acceptors (Lipinski definition) is 2. The van der Waals surface area contributed by atoms with E-state index in [1.165, 1.54) is 0 Å². The number of nitrogens with one attached hydrogen (secondary N) is 1. The van der Waals surface area contributed by atoms with Gasteiger partial charge in [-0.1, -0.05) is 23.8 Å². The second kappa shape index (κ2) is 5.57. The summed E-state index contributed by atoms with van der Waals surface area (Å²) >= 11 is 0. The molecule has 2 aromatic carbocycles. The van der Waals surface area contributed by atoms with E-state index in [0.717, 1.165) is 22.6 Å². The first kappa shape index (κ1) is 13.1. The average Bonchev–Trinajstić information content (AvgIpc) is 2.41. The van der Waals surface area contributed by atoms with Gasteiger partial charge in [0.25, 0.3) is 5.91 Å². The van der Waals surface area contributed by atoms with Gasteiger partial charge >= 0.3 is 0 Å². The molecule has 0 aliphatic carbocycles. The number of aryl methyl sites for hydroxylation is 2. The molecule has 19 heavy (non-hydrogen) atoms. The zero-order valence-corrected chi connectivity index (χ0v) is 11.4. The molecule has 2 aromatic rings. The highest BCUT2D eigenvalue weighted by Gasteiger charge is 2.09. The standard InChI is InChI=1S/C16H17NO2/c1-11-7-8-12(2)15(9-11)16(18)17-13-5-4-6-14(10-13)19-3/h4-10H,1-3H3,(H,17,18). The Morgan fingerprint density at radius 3 is 2.63 bits per heavy atom. The van der Waals surface area contributed by atoms with Crippen molar-refractivity contribution in [1.29, 1.82) is 0 Å². The Kier molecular flexibility index (Phi) is 3.85. The smallest absolute Gasteiger partial charge is 0.255 e. The van der Waals surface area contributed by atoms with Crippen LogP contribution in [-0.4, -0.2) is 13.0 Å².